The van der Waals surface area contributed by atoms with E-state index >= 15 is 0 Å². The summed E-state index contributed by atoms with van der Waals surface area (Å²) in [5.74, 6) is 0.896. The minimum absolute atomic E-state index is 0.272. The number of anilines is 1. The van der Waals surface area contributed by atoms with Gasteiger partial charge in [-0.2, -0.15) is 5.10 Å². The summed E-state index contributed by atoms with van der Waals surface area (Å²) in [5, 5.41) is 7.87. The molecule has 0 fully saturated rings. The van der Waals surface area contributed by atoms with Crippen LogP contribution in [0.15, 0.2) is 48.7 Å². The fraction of sp³-hybridized carbons (Fsp3) is 0.200. The number of carbonyl (C=O) groups excluding carboxylic acids is 1. The van der Waals surface area contributed by atoms with Crippen LogP contribution >= 0.6 is 11.6 Å². The number of benzene rings is 2. The van der Waals surface area contributed by atoms with Gasteiger partial charge in [-0.1, -0.05) is 24.6 Å². The SMILES string of the molecule is CCc1c(C(=O)Nc2cc(OC)ccc2OC)cnn1-c1cccc(Cl)c1. The predicted molar refractivity (Wildman–Crippen MR) is 105 cm³/mol. The largest absolute Gasteiger partial charge is 0.497 e. The third-order valence-electron chi connectivity index (χ3n) is 4.16. The van der Waals surface area contributed by atoms with Crippen molar-refractivity contribution in [2.45, 2.75) is 13.3 Å². The highest BCUT2D eigenvalue weighted by molar-refractivity contribution is 6.30. The summed E-state index contributed by atoms with van der Waals surface area (Å²) in [6.07, 6.45) is 2.19. The zero-order valence-corrected chi connectivity index (χ0v) is 16.1. The lowest BCUT2D eigenvalue weighted by molar-refractivity contribution is 0.102. The Bertz CT molecular complexity index is 969. The summed E-state index contributed by atoms with van der Waals surface area (Å²) < 4.78 is 12.3. The van der Waals surface area contributed by atoms with Crippen LogP contribution in [-0.4, -0.2) is 29.9 Å². The lowest BCUT2D eigenvalue weighted by atomic mass is 10.1. The van der Waals surface area contributed by atoms with Crippen LogP contribution in [0.25, 0.3) is 5.69 Å². The molecule has 0 bridgehead atoms. The average molecular weight is 386 g/mol. The fourth-order valence-corrected chi connectivity index (χ4v) is 3.02. The van der Waals surface area contributed by atoms with Crippen LogP contribution < -0.4 is 14.8 Å². The molecule has 0 radical (unpaired) electrons. The molecule has 140 valence electrons. The van der Waals surface area contributed by atoms with Gasteiger partial charge in [0.1, 0.15) is 11.5 Å². The lowest BCUT2D eigenvalue weighted by Crippen LogP contribution is -2.15. The molecule has 27 heavy (non-hydrogen) atoms. The Hall–Kier alpha value is -2.99. The first-order valence-corrected chi connectivity index (χ1v) is 8.81. The Balaban J connectivity index is 1.94. The predicted octanol–water partition coefficient (Wildman–Crippen LogP) is 4.36. The van der Waals surface area contributed by atoms with Crippen molar-refractivity contribution in [3.05, 3.63) is 64.9 Å². The smallest absolute Gasteiger partial charge is 0.259 e. The molecule has 0 aliphatic heterocycles. The Kier molecular flexibility index (Phi) is 5.66. The summed E-state index contributed by atoms with van der Waals surface area (Å²) in [6.45, 7) is 1.97. The summed E-state index contributed by atoms with van der Waals surface area (Å²) in [4.78, 5) is 12.9. The van der Waals surface area contributed by atoms with E-state index in [1.807, 2.05) is 19.1 Å². The first kappa shape index (κ1) is 18.8. The number of ether oxygens (including phenoxy) is 2. The van der Waals surface area contributed by atoms with Gasteiger partial charge < -0.3 is 14.8 Å². The second-order valence-electron chi connectivity index (χ2n) is 5.77. The minimum Gasteiger partial charge on any atom is -0.497 e. The number of hydrogen-bond donors (Lipinski definition) is 1. The third-order valence-corrected chi connectivity index (χ3v) is 4.39. The number of methoxy groups -OCH3 is 2. The molecule has 3 rings (SSSR count). The number of nitrogens with one attached hydrogen (secondary N) is 1. The van der Waals surface area contributed by atoms with Gasteiger partial charge >= 0.3 is 0 Å². The molecule has 0 aliphatic carbocycles. The first-order valence-electron chi connectivity index (χ1n) is 8.43. The second-order valence-corrected chi connectivity index (χ2v) is 6.21. The second kappa shape index (κ2) is 8.14. The summed E-state index contributed by atoms with van der Waals surface area (Å²) in [6, 6.07) is 12.6. The van der Waals surface area contributed by atoms with E-state index in [2.05, 4.69) is 10.4 Å². The number of rotatable bonds is 6. The highest BCUT2D eigenvalue weighted by Gasteiger charge is 2.19. The molecular weight excluding hydrogens is 366 g/mol. The van der Waals surface area contributed by atoms with Gasteiger partial charge in [-0.25, -0.2) is 4.68 Å². The van der Waals surface area contributed by atoms with E-state index in [4.69, 9.17) is 21.1 Å². The molecule has 0 spiro atoms. The summed E-state index contributed by atoms with van der Waals surface area (Å²) in [5.41, 5.74) is 2.61. The molecule has 0 saturated carbocycles. The van der Waals surface area contributed by atoms with Crippen LogP contribution in [0, 0.1) is 0 Å². The zero-order valence-electron chi connectivity index (χ0n) is 15.3. The number of hydrogen-bond acceptors (Lipinski definition) is 4. The van der Waals surface area contributed by atoms with Crippen molar-refractivity contribution < 1.29 is 14.3 Å². The maximum absolute atomic E-state index is 12.9. The van der Waals surface area contributed by atoms with E-state index in [9.17, 15) is 4.79 Å². The van der Waals surface area contributed by atoms with E-state index < -0.39 is 0 Å². The van der Waals surface area contributed by atoms with Crippen LogP contribution in [0.2, 0.25) is 5.02 Å². The number of halogens is 1. The quantitative estimate of drug-likeness (QED) is 0.684. The fourth-order valence-electron chi connectivity index (χ4n) is 2.84. The molecular formula is C20H20ClN3O3. The zero-order chi connectivity index (χ0) is 19.4. The van der Waals surface area contributed by atoms with Gasteiger partial charge in [0.25, 0.3) is 5.91 Å². The van der Waals surface area contributed by atoms with Gasteiger partial charge in [-0.15, -0.1) is 0 Å². The molecule has 0 atom stereocenters. The number of nitrogens with zero attached hydrogens (tertiary/aromatic N) is 2. The number of carbonyl (C=O) groups is 1. The van der Waals surface area contributed by atoms with Gasteiger partial charge in [0.15, 0.2) is 0 Å². The van der Waals surface area contributed by atoms with Crippen molar-refractivity contribution in [3.8, 4) is 17.2 Å². The average Bonchev–Trinajstić information content (AvgIpc) is 3.12. The molecule has 1 N–H and O–H groups in total. The van der Waals surface area contributed by atoms with Crippen molar-refractivity contribution in [3.63, 3.8) is 0 Å². The Morgan fingerprint density at radius 3 is 2.67 bits per heavy atom. The van der Waals surface area contributed by atoms with E-state index in [1.165, 1.54) is 0 Å². The highest BCUT2D eigenvalue weighted by atomic mass is 35.5. The Morgan fingerprint density at radius 1 is 1.19 bits per heavy atom. The van der Waals surface area contributed by atoms with E-state index in [0.717, 1.165) is 11.4 Å². The lowest BCUT2D eigenvalue weighted by Gasteiger charge is -2.12. The molecule has 0 aliphatic rings. The van der Waals surface area contributed by atoms with Crippen LogP contribution in [-0.2, 0) is 6.42 Å². The van der Waals surface area contributed by atoms with Crippen LogP contribution in [0.1, 0.15) is 23.0 Å². The molecule has 2 aromatic carbocycles. The van der Waals surface area contributed by atoms with Crippen molar-refractivity contribution in [2.24, 2.45) is 0 Å². The maximum Gasteiger partial charge on any atom is 0.259 e. The normalized spacial score (nSPS) is 10.5. The van der Waals surface area contributed by atoms with E-state index in [0.29, 0.717) is 34.2 Å². The standard InChI is InChI=1S/C20H20ClN3O3/c1-4-18-16(12-22-24(18)14-7-5-6-13(21)10-14)20(25)23-17-11-15(26-2)8-9-19(17)27-3/h5-12H,4H2,1-3H3,(H,23,25). The van der Waals surface area contributed by atoms with Crippen LogP contribution in [0.3, 0.4) is 0 Å². The molecule has 1 heterocycles. The van der Waals surface area contributed by atoms with Gasteiger partial charge in [-0.05, 0) is 36.8 Å². The van der Waals surface area contributed by atoms with Crippen molar-refractivity contribution in [2.75, 3.05) is 19.5 Å². The first-order chi connectivity index (χ1) is 13.1. The molecule has 1 aromatic heterocycles. The van der Waals surface area contributed by atoms with Crippen LogP contribution in [0.4, 0.5) is 5.69 Å². The number of amides is 1. The molecule has 6 nitrogen and oxygen atoms in total. The monoisotopic (exact) mass is 385 g/mol. The maximum atomic E-state index is 12.9. The molecule has 0 saturated heterocycles. The molecule has 7 heteroatoms. The van der Waals surface area contributed by atoms with E-state index in [1.54, 1.807) is 55.4 Å². The van der Waals surface area contributed by atoms with Crippen LogP contribution in [0.5, 0.6) is 11.5 Å². The molecule has 3 aromatic rings. The number of aromatic nitrogens is 2. The van der Waals surface area contributed by atoms with Gasteiger partial charge in [0.05, 0.1) is 43.0 Å². The Labute approximate surface area is 162 Å². The highest BCUT2D eigenvalue weighted by Crippen LogP contribution is 2.29. The van der Waals surface area contributed by atoms with Crippen molar-refractivity contribution in [1.82, 2.24) is 9.78 Å². The molecule has 1 amide bonds. The summed E-state index contributed by atoms with van der Waals surface area (Å²) >= 11 is 6.08. The van der Waals surface area contributed by atoms with Crippen molar-refractivity contribution in [1.29, 1.82) is 0 Å². The summed E-state index contributed by atoms with van der Waals surface area (Å²) in [7, 11) is 3.11. The molecule has 0 unspecified atom stereocenters. The third kappa shape index (κ3) is 3.90. The van der Waals surface area contributed by atoms with E-state index in [-0.39, 0.29) is 5.91 Å². The van der Waals surface area contributed by atoms with Gasteiger partial charge in [-0.3, -0.25) is 4.79 Å². The minimum atomic E-state index is -0.272. The van der Waals surface area contributed by atoms with Gasteiger partial charge in [0.2, 0.25) is 0 Å². The van der Waals surface area contributed by atoms with Crippen molar-refractivity contribution >= 4 is 23.2 Å². The topological polar surface area (TPSA) is 65.4 Å². The van der Waals surface area contributed by atoms with Gasteiger partial charge in [0, 0.05) is 11.1 Å². The Morgan fingerprint density at radius 2 is 2.00 bits per heavy atom.